The third-order valence-corrected chi connectivity index (χ3v) is 4.17. The Kier molecular flexibility index (Phi) is 3.29. The van der Waals surface area contributed by atoms with Crippen LogP contribution in [0.25, 0.3) is 10.1 Å². The van der Waals surface area contributed by atoms with Gasteiger partial charge in [0.2, 0.25) is 0 Å². The van der Waals surface area contributed by atoms with Crippen LogP contribution in [0.2, 0.25) is 0 Å². The molecule has 1 aromatic heterocycles. The minimum Gasteiger partial charge on any atom is -0.271 e. The van der Waals surface area contributed by atoms with E-state index in [1.807, 2.05) is 12.1 Å². The number of hydrogen-bond donors (Lipinski definition) is 2. The van der Waals surface area contributed by atoms with Crippen molar-refractivity contribution in [2.75, 3.05) is 0 Å². The number of halogens is 1. The Bertz CT molecular complexity index is 691. The van der Waals surface area contributed by atoms with Crippen LogP contribution in [0.1, 0.15) is 17.2 Å². The highest BCUT2D eigenvalue weighted by atomic mass is 32.1. The predicted octanol–water partition coefficient (Wildman–Crippen LogP) is 3.59. The highest BCUT2D eigenvalue weighted by Crippen LogP contribution is 2.31. The molecular weight excluding hydrogens is 259 g/mol. The molecule has 96 valence electrons. The minimum absolute atomic E-state index is 0.136. The fourth-order valence-electron chi connectivity index (χ4n) is 2.26. The van der Waals surface area contributed by atoms with Gasteiger partial charge in [-0.25, -0.2) is 9.82 Å². The second kappa shape index (κ2) is 5.09. The maximum Gasteiger partial charge on any atom is 0.123 e. The van der Waals surface area contributed by atoms with Crippen LogP contribution in [-0.4, -0.2) is 0 Å². The van der Waals surface area contributed by atoms with Crippen molar-refractivity contribution in [3.8, 4) is 0 Å². The zero-order valence-electron chi connectivity index (χ0n) is 10.1. The summed E-state index contributed by atoms with van der Waals surface area (Å²) < 4.78 is 14.2. The van der Waals surface area contributed by atoms with Crippen molar-refractivity contribution in [3.05, 3.63) is 70.9 Å². The first-order chi connectivity index (χ1) is 9.29. The molecule has 0 aliphatic rings. The van der Waals surface area contributed by atoms with Crippen molar-refractivity contribution in [3.63, 3.8) is 0 Å². The predicted molar refractivity (Wildman–Crippen MR) is 77.4 cm³/mol. The molecule has 3 N–H and O–H groups in total. The van der Waals surface area contributed by atoms with Crippen LogP contribution in [0, 0.1) is 5.82 Å². The van der Waals surface area contributed by atoms with Gasteiger partial charge in [0.15, 0.2) is 0 Å². The number of rotatable bonds is 3. The van der Waals surface area contributed by atoms with Crippen molar-refractivity contribution in [1.29, 1.82) is 0 Å². The first-order valence-electron chi connectivity index (χ1n) is 5.97. The van der Waals surface area contributed by atoms with Gasteiger partial charge in [0, 0.05) is 4.70 Å². The van der Waals surface area contributed by atoms with Crippen LogP contribution in [0.3, 0.4) is 0 Å². The first kappa shape index (κ1) is 12.3. The van der Waals surface area contributed by atoms with Gasteiger partial charge in [0.25, 0.3) is 0 Å². The summed E-state index contributed by atoms with van der Waals surface area (Å²) in [5, 5.41) is 3.26. The van der Waals surface area contributed by atoms with Gasteiger partial charge in [0.05, 0.1) is 6.04 Å². The number of nitrogens with two attached hydrogens (primary N) is 1. The number of nitrogens with one attached hydrogen (secondary N) is 1. The second-order valence-corrected chi connectivity index (χ2v) is 5.25. The molecule has 0 aliphatic heterocycles. The van der Waals surface area contributed by atoms with Crippen molar-refractivity contribution in [2.45, 2.75) is 6.04 Å². The summed E-state index contributed by atoms with van der Waals surface area (Å²) >= 11 is 1.69. The lowest BCUT2D eigenvalue weighted by atomic mass is 9.98. The number of thiophene rings is 1. The Morgan fingerprint density at radius 3 is 2.58 bits per heavy atom. The number of benzene rings is 2. The smallest absolute Gasteiger partial charge is 0.123 e. The Morgan fingerprint density at radius 2 is 1.84 bits per heavy atom. The van der Waals surface area contributed by atoms with E-state index in [0.29, 0.717) is 0 Å². The summed E-state index contributed by atoms with van der Waals surface area (Å²) in [6, 6.07) is 14.5. The number of fused-ring (bicyclic) bond motifs is 1. The molecule has 2 nitrogen and oxygen atoms in total. The van der Waals surface area contributed by atoms with E-state index in [9.17, 15) is 4.39 Å². The van der Waals surface area contributed by atoms with Gasteiger partial charge in [-0.15, -0.1) is 11.3 Å². The third-order valence-electron chi connectivity index (χ3n) is 3.19. The molecule has 1 unspecified atom stereocenters. The fraction of sp³-hybridized carbons (Fsp3) is 0.0667. The first-order valence-corrected chi connectivity index (χ1v) is 6.85. The van der Waals surface area contributed by atoms with Gasteiger partial charge >= 0.3 is 0 Å². The molecule has 0 spiro atoms. The molecule has 0 saturated heterocycles. The molecule has 0 radical (unpaired) electrons. The monoisotopic (exact) mass is 272 g/mol. The van der Waals surface area contributed by atoms with E-state index in [1.165, 1.54) is 22.2 Å². The average Bonchev–Trinajstić information content (AvgIpc) is 2.91. The molecular formula is C15H13FN2S. The molecule has 3 aromatic rings. The van der Waals surface area contributed by atoms with Gasteiger partial charge in [-0.05, 0) is 40.1 Å². The quantitative estimate of drug-likeness (QED) is 0.565. The zero-order chi connectivity index (χ0) is 13.2. The van der Waals surface area contributed by atoms with Crippen molar-refractivity contribution >= 4 is 21.4 Å². The molecule has 0 saturated carbocycles. The molecule has 0 aliphatic carbocycles. The summed E-state index contributed by atoms with van der Waals surface area (Å²) in [4.78, 5) is 0. The number of hydrogen-bond acceptors (Lipinski definition) is 3. The SMILES string of the molecule is NNC(c1ccc(F)cc1)c1cccc2ccsc12. The maximum absolute atomic E-state index is 13.0. The summed E-state index contributed by atoms with van der Waals surface area (Å²) in [6.45, 7) is 0. The zero-order valence-corrected chi connectivity index (χ0v) is 11.0. The van der Waals surface area contributed by atoms with Crippen molar-refractivity contribution in [1.82, 2.24) is 5.43 Å². The molecule has 2 aromatic carbocycles. The summed E-state index contributed by atoms with van der Waals surface area (Å²) in [7, 11) is 0. The second-order valence-electron chi connectivity index (χ2n) is 4.34. The Hall–Kier alpha value is -1.75. The Morgan fingerprint density at radius 1 is 1.05 bits per heavy atom. The molecule has 0 amide bonds. The topological polar surface area (TPSA) is 38.0 Å². The lowest BCUT2D eigenvalue weighted by Crippen LogP contribution is -2.28. The molecule has 3 rings (SSSR count). The molecule has 1 heterocycles. The van der Waals surface area contributed by atoms with Crippen LogP contribution in [0.5, 0.6) is 0 Å². The van der Waals surface area contributed by atoms with E-state index in [2.05, 4.69) is 22.9 Å². The highest BCUT2D eigenvalue weighted by molar-refractivity contribution is 7.17. The minimum atomic E-state index is -0.242. The van der Waals surface area contributed by atoms with Gasteiger partial charge in [-0.2, -0.15) is 0 Å². The third kappa shape index (κ3) is 2.26. The summed E-state index contributed by atoms with van der Waals surface area (Å²) in [5.41, 5.74) is 4.88. The van der Waals surface area contributed by atoms with E-state index >= 15 is 0 Å². The Balaban J connectivity index is 2.11. The largest absolute Gasteiger partial charge is 0.271 e. The van der Waals surface area contributed by atoms with Gasteiger partial charge in [-0.3, -0.25) is 5.84 Å². The standard InChI is InChI=1S/C15H13FN2S/c16-12-6-4-10(5-7-12)14(18-17)13-3-1-2-11-8-9-19-15(11)13/h1-9,14,18H,17H2. The van der Waals surface area contributed by atoms with Crippen molar-refractivity contribution in [2.24, 2.45) is 5.84 Å². The fourth-order valence-corrected chi connectivity index (χ4v) is 3.21. The van der Waals surface area contributed by atoms with Crippen molar-refractivity contribution < 1.29 is 4.39 Å². The maximum atomic E-state index is 13.0. The van der Waals surface area contributed by atoms with Crippen LogP contribution in [0.4, 0.5) is 4.39 Å². The lowest BCUT2D eigenvalue weighted by molar-refractivity contribution is 0.617. The van der Waals surface area contributed by atoms with E-state index < -0.39 is 0 Å². The van der Waals surface area contributed by atoms with E-state index in [1.54, 1.807) is 23.5 Å². The van der Waals surface area contributed by atoms with Crippen LogP contribution < -0.4 is 11.3 Å². The summed E-state index contributed by atoms with van der Waals surface area (Å²) in [5.74, 6) is 5.45. The summed E-state index contributed by atoms with van der Waals surface area (Å²) in [6.07, 6.45) is 0. The van der Waals surface area contributed by atoms with Crippen LogP contribution in [-0.2, 0) is 0 Å². The van der Waals surface area contributed by atoms with Gasteiger partial charge in [0.1, 0.15) is 5.82 Å². The van der Waals surface area contributed by atoms with E-state index in [0.717, 1.165) is 11.1 Å². The molecule has 0 bridgehead atoms. The Labute approximate surface area is 114 Å². The van der Waals surface area contributed by atoms with Crippen LogP contribution >= 0.6 is 11.3 Å². The highest BCUT2D eigenvalue weighted by Gasteiger charge is 2.15. The lowest BCUT2D eigenvalue weighted by Gasteiger charge is -2.17. The van der Waals surface area contributed by atoms with Gasteiger partial charge < -0.3 is 0 Å². The molecule has 1 atom stereocenters. The molecule has 19 heavy (non-hydrogen) atoms. The molecule has 4 heteroatoms. The van der Waals surface area contributed by atoms with Crippen LogP contribution in [0.15, 0.2) is 53.9 Å². The molecule has 0 fully saturated rings. The average molecular weight is 272 g/mol. The normalized spacial score (nSPS) is 12.7. The van der Waals surface area contributed by atoms with E-state index in [-0.39, 0.29) is 11.9 Å². The number of hydrazine groups is 1. The van der Waals surface area contributed by atoms with E-state index in [4.69, 9.17) is 5.84 Å². The van der Waals surface area contributed by atoms with Gasteiger partial charge in [-0.1, -0.05) is 30.3 Å².